The molecule has 0 saturated carbocycles. The molecule has 3 nitrogen and oxygen atoms in total. The van der Waals surface area contributed by atoms with E-state index in [0.717, 1.165) is 17.2 Å². The fraction of sp³-hybridized carbons (Fsp3) is 0.296. The average Bonchev–Trinajstić information content (AvgIpc) is 2.71. The van der Waals surface area contributed by atoms with E-state index in [0.29, 0.717) is 5.56 Å². The van der Waals surface area contributed by atoms with Gasteiger partial charge in [0.25, 0.3) is 0 Å². The molecule has 172 valence electrons. The van der Waals surface area contributed by atoms with Crippen molar-refractivity contribution >= 4 is 25.2 Å². The normalized spacial score (nSPS) is 12.4. The predicted octanol–water partition coefficient (Wildman–Crippen LogP) is 7.75. The molecule has 0 aliphatic rings. The maximum Gasteiger partial charge on any atom is 0.311 e. The Kier molecular flexibility index (Phi) is 7.62. The Morgan fingerprint density at radius 3 is 1.39 bits per heavy atom. The van der Waals surface area contributed by atoms with Gasteiger partial charge in [0.15, 0.2) is 16.6 Å². The van der Waals surface area contributed by atoms with Gasteiger partial charge in [-0.15, -0.1) is 0 Å². The van der Waals surface area contributed by atoms with Crippen LogP contribution in [0.2, 0.25) is 45.8 Å². The molecule has 0 aliphatic carbocycles. The molecule has 0 amide bonds. The SMILES string of the molecule is C[Si](C)(C)O[Si](C)(C)O[Si](C)(C)Cc1ccc(-c2ccc(-c3ccc(C#N)cc3)cc2)cc1. The maximum absolute atomic E-state index is 8.98. The molecule has 0 unspecified atom stereocenters. The lowest BCUT2D eigenvalue weighted by Crippen LogP contribution is -2.52. The molecular weight excluding hydrogens is 455 g/mol. The summed E-state index contributed by atoms with van der Waals surface area (Å²) in [7, 11) is -5.63. The van der Waals surface area contributed by atoms with E-state index >= 15 is 0 Å². The second-order valence-electron chi connectivity index (χ2n) is 10.6. The number of hydrogen-bond acceptors (Lipinski definition) is 3. The van der Waals surface area contributed by atoms with Crippen LogP contribution in [-0.4, -0.2) is 25.2 Å². The topological polar surface area (TPSA) is 42.2 Å². The molecule has 0 radical (unpaired) electrons. The van der Waals surface area contributed by atoms with Crippen LogP contribution in [0, 0.1) is 11.3 Å². The lowest BCUT2D eigenvalue weighted by Gasteiger charge is -2.37. The fourth-order valence-electron chi connectivity index (χ4n) is 4.36. The van der Waals surface area contributed by atoms with Crippen molar-refractivity contribution in [3.8, 4) is 28.3 Å². The minimum Gasteiger partial charge on any atom is -0.437 e. The fourth-order valence-corrected chi connectivity index (χ4v) is 17.6. The Morgan fingerprint density at radius 1 is 0.606 bits per heavy atom. The van der Waals surface area contributed by atoms with E-state index in [-0.39, 0.29) is 0 Å². The molecule has 0 spiro atoms. The van der Waals surface area contributed by atoms with Gasteiger partial charge in [-0.1, -0.05) is 60.7 Å². The molecule has 3 aromatic carbocycles. The highest BCUT2D eigenvalue weighted by atomic mass is 28.5. The van der Waals surface area contributed by atoms with Crippen LogP contribution in [0.4, 0.5) is 0 Å². The number of rotatable bonds is 8. The zero-order valence-electron chi connectivity index (χ0n) is 20.9. The van der Waals surface area contributed by atoms with Crippen LogP contribution in [-0.2, 0) is 14.3 Å². The number of nitriles is 1. The van der Waals surface area contributed by atoms with Gasteiger partial charge in [-0.3, -0.25) is 0 Å². The largest absolute Gasteiger partial charge is 0.437 e. The van der Waals surface area contributed by atoms with Crippen molar-refractivity contribution in [2.45, 2.75) is 51.9 Å². The summed E-state index contributed by atoms with van der Waals surface area (Å²) in [6.07, 6.45) is 0. The lowest BCUT2D eigenvalue weighted by molar-refractivity contribution is 0.392. The molecule has 3 rings (SSSR count). The number of benzene rings is 3. The third-order valence-electron chi connectivity index (χ3n) is 5.22. The lowest BCUT2D eigenvalue weighted by atomic mass is 9.99. The summed E-state index contributed by atoms with van der Waals surface area (Å²) in [6.45, 7) is 15.7. The van der Waals surface area contributed by atoms with Crippen molar-refractivity contribution in [1.29, 1.82) is 5.26 Å². The maximum atomic E-state index is 8.98. The van der Waals surface area contributed by atoms with Gasteiger partial charge in [0.05, 0.1) is 11.6 Å². The number of hydrogen-bond donors (Lipinski definition) is 0. The third kappa shape index (κ3) is 7.63. The summed E-state index contributed by atoms with van der Waals surface area (Å²) < 4.78 is 13.1. The Labute approximate surface area is 202 Å². The van der Waals surface area contributed by atoms with E-state index in [1.165, 1.54) is 16.7 Å². The molecule has 0 aromatic heterocycles. The summed E-state index contributed by atoms with van der Waals surface area (Å²) in [5.41, 5.74) is 6.68. The summed E-state index contributed by atoms with van der Waals surface area (Å²) >= 11 is 0. The highest BCUT2D eigenvalue weighted by molar-refractivity contribution is 6.87. The van der Waals surface area contributed by atoms with Gasteiger partial charge in [0.1, 0.15) is 0 Å². The van der Waals surface area contributed by atoms with Crippen molar-refractivity contribution in [1.82, 2.24) is 0 Å². The van der Waals surface area contributed by atoms with Crippen LogP contribution in [0.3, 0.4) is 0 Å². The molecule has 33 heavy (non-hydrogen) atoms. The quantitative estimate of drug-likeness (QED) is 0.304. The molecule has 0 saturated heterocycles. The van der Waals surface area contributed by atoms with Crippen LogP contribution in [0.25, 0.3) is 22.3 Å². The van der Waals surface area contributed by atoms with Crippen molar-refractivity contribution in [2.24, 2.45) is 0 Å². The van der Waals surface area contributed by atoms with E-state index in [4.69, 9.17) is 13.5 Å². The second-order valence-corrected chi connectivity index (χ2v) is 23.1. The van der Waals surface area contributed by atoms with Crippen molar-refractivity contribution in [3.63, 3.8) is 0 Å². The first kappa shape index (κ1) is 25.3. The summed E-state index contributed by atoms with van der Waals surface area (Å²) in [4.78, 5) is 0. The van der Waals surface area contributed by atoms with E-state index in [1.807, 2.05) is 24.3 Å². The smallest absolute Gasteiger partial charge is 0.311 e. The zero-order chi connectivity index (χ0) is 24.3. The van der Waals surface area contributed by atoms with Crippen LogP contribution >= 0.6 is 0 Å². The summed E-state index contributed by atoms with van der Waals surface area (Å²) in [5, 5.41) is 8.98. The molecule has 0 aliphatic heterocycles. The first-order valence-electron chi connectivity index (χ1n) is 11.5. The zero-order valence-corrected chi connectivity index (χ0v) is 23.9. The van der Waals surface area contributed by atoms with Crippen LogP contribution in [0.15, 0.2) is 72.8 Å². The van der Waals surface area contributed by atoms with Gasteiger partial charge in [-0.25, -0.2) is 0 Å². The first-order chi connectivity index (χ1) is 15.4. The molecule has 0 bridgehead atoms. The predicted molar refractivity (Wildman–Crippen MR) is 146 cm³/mol. The molecule has 6 heteroatoms. The monoisotopic (exact) mass is 489 g/mol. The standard InChI is InChI=1S/C27H35NO2Si3/c1-31(2,3)29-33(6,7)30-32(4,5)21-23-10-14-25(15-11-23)27-18-16-26(17-19-27)24-12-8-22(20-28)9-13-24/h8-19H,21H2,1-7H3. The minimum absolute atomic E-state index is 0.682. The Hall–Kier alpha value is -2.28. The Morgan fingerprint density at radius 2 is 1.00 bits per heavy atom. The highest BCUT2D eigenvalue weighted by Crippen LogP contribution is 2.27. The molecule has 0 N–H and O–H groups in total. The van der Waals surface area contributed by atoms with E-state index in [1.54, 1.807) is 0 Å². The Bertz CT molecular complexity index is 1110. The van der Waals surface area contributed by atoms with Crippen molar-refractivity contribution in [2.75, 3.05) is 0 Å². The van der Waals surface area contributed by atoms with Gasteiger partial charge < -0.3 is 8.23 Å². The van der Waals surface area contributed by atoms with E-state index < -0.39 is 25.2 Å². The average molecular weight is 490 g/mol. The van der Waals surface area contributed by atoms with Crippen LogP contribution in [0.5, 0.6) is 0 Å². The minimum atomic E-state index is -2.12. The first-order valence-corrected chi connectivity index (χ1v) is 20.8. The van der Waals surface area contributed by atoms with Gasteiger partial charge in [0.2, 0.25) is 0 Å². The summed E-state index contributed by atoms with van der Waals surface area (Å²) in [6, 6.07) is 28.3. The molecule has 0 atom stereocenters. The summed E-state index contributed by atoms with van der Waals surface area (Å²) in [5.74, 6) is 0. The van der Waals surface area contributed by atoms with Crippen LogP contribution in [0.1, 0.15) is 11.1 Å². The van der Waals surface area contributed by atoms with E-state index in [2.05, 4.69) is 100 Å². The van der Waals surface area contributed by atoms with Gasteiger partial charge in [0, 0.05) is 0 Å². The molecule has 3 aromatic rings. The van der Waals surface area contributed by atoms with Crippen LogP contribution < -0.4 is 0 Å². The molecular formula is C27H35NO2Si3. The number of nitrogens with zero attached hydrogens (tertiary/aromatic N) is 1. The molecule has 0 heterocycles. The van der Waals surface area contributed by atoms with E-state index in [9.17, 15) is 0 Å². The van der Waals surface area contributed by atoms with Crippen molar-refractivity contribution < 1.29 is 8.23 Å². The Balaban J connectivity index is 1.67. The van der Waals surface area contributed by atoms with Gasteiger partial charge in [-0.2, -0.15) is 5.26 Å². The third-order valence-corrected chi connectivity index (χ3v) is 15.1. The highest BCUT2D eigenvalue weighted by Gasteiger charge is 2.37. The van der Waals surface area contributed by atoms with Crippen molar-refractivity contribution in [3.05, 3.63) is 83.9 Å². The second kappa shape index (κ2) is 9.92. The molecule has 0 fully saturated rings. The van der Waals surface area contributed by atoms with Gasteiger partial charge in [-0.05, 0) is 91.8 Å². The van der Waals surface area contributed by atoms with Gasteiger partial charge >= 0.3 is 8.56 Å².